The van der Waals surface area contributed by atoms with E-state index in [4.69, 9.17) is 0 Å². The van der Waals surface area contributed by atoms with E-state index >= 15 is 0 Å². The van der Waals surface area contributed by atoms with E-state index in [1.54, 1.807) is 0 Å². The summed E-state index contributed by atoms with van der Waals surface area (Å²) in [4.78, 5) is 0. The molecule has 2 rings (SSSR count). The molecule has 1 aliphatic heterocycles. The van der Waals surface area contributed by atoms with Gasteiger partial charge < -0.3 is 10.4 Å². The Morgan fingerprint density at radius 2 is 2.27 bits per heavy atom. The fourth-order valence-electron chi connectivity index (χ4n) is 2.29. The molecule has 1 aromatic rings. The number of aryl methyl sites for hydroxylation is 1. The Morgan fingerprint density at radius 3 is 2.93 bits per heavy atom. The summed E-state index contributed by atoms with van der Waals surface area (Å²) in [5.74, 6) is 0.499. The summed E-state index contributed by atoms with van der Waals surface area (Å²) in [7, 11) is 0. The van der Waals surface area contributed by atoms with Crippen molar-refractivity contribution in [2.45, 2.75) is 38.6 Å². The molecule has 1 aromatic carbocycles. The first-order valence-electron chi connectivity index (χ1n) is 5.87. The van der Waals surface area contributed by atoms with Gasteiger partial charge in [-0.25, -0.2) is 0 Å². The predicted octanol–water partition coefficient (Wildman–Crippen LogP) is 2.77. The van der Waals surface area contributed by atoms with Crippen molar-refractivity contribution in [1.29, 1.82) is 0 Å². The molecule has 1 saturated heterocycles. The van der Waals surface area contributed by atoms with Gasteiger partial charge in [-0.15, -0.1) is 0 Å². The van der Waals surface area contributed by atoms with Crippen LogP contribution in [0.25, 0.3) is 0 Å². The number of phenols is 1. The minimum atomic E-state index is 0.352. The van der Waals surface area contributed by atoms with Crippen LogP contribution in [0.4, 0.5) is 0 Å². The van der Waals surface area contributed by atoms with E-state index in [-0.39, 0.29) is 0 Å². The van der Waals surface area contributed by atoms with E-state index in [2.05, 4.69) is 12.2 Å². The fraction of sp³-hybridized carbons (Fsp3) is 0.538. The highest BCUT2D eigenvalue weighted by atomic mass is 16.3. The van der Waals surface area contributed by atoms with Crippen molar-refractivity contribution in [2.75, 3.05) is 6.54 Å². The molecule has 1 atom stereocenters. The first kappa shape index (κ1) is 10.5. The fourth-order valence-corrected chi connectivity index (χ4v) is 2.29. The Labute approximate surface area is 91.3 Å². The molecule has 1 aliphatic rings. The lowest BCUT2D eigenvalue weighted by molar-refractivity contribution is 0.389. The average Bonchev–Trinajstić information content (AvgIpc) is 2.30. The number of hydrogen-bond donors (Lipinski definition) is 2. The van der Waals surface area contributed by atoms with Gasteiger partial charge in [0.2, 0.25) is 0 Å². The molecule has 0 aliphatic carbocycles. The summed E-state index contributed by atoms with van der Waals surface area (Å²) >= 11 is 0. The Bertz CT molecular complexity index is 329. The van der Waals surface area contributed by atoms with Gasteiger partial charge in [-0.05, 0) is 31.4 Å². The highest BCUT2D eigenvalue weighted by Gasteiger charge is 2.18. The van der Waals surface area contributed by atoms with E-state index in [9.17, 15) is 5.11 Å². The van der Waals surface area contributed by atoms with Crippen molar-refractivity contribution in [3.8, 4) is 5.75 Å². The van der Waals surface area contributed by atoms with Gasteiger partial charge in [0.05, 0.1) is 0 Å². The van der Waals surface area contributed by atoms with E-state index in [0.29, 0.717) is 11.8 Å². The van der Waals surface area contributed by atoms with Gasteiger partial charge in [0.1, 0.15) is 5.75 Å². The van der Waals surface area contributed by atoms with Gasteiger partial charge in [-0.1, -0.05) is 31.5 Å². The van der Waals surface area contributed by atoms with E-state index in [0.717, 1.165) is 30.5 Å². The van der Waals surface area contributed by atoms with Gasteiger partial charge in [0.25, 0.3) is 0 Å². The number of piperidine rings is 1. The van der Waals surface area contributed by atoms with Crippen LogP contribution in [0.1, 0.15) is 43.4 Å². The number of nitrogens with one attached hydrogen (secondary N) is 1. The second kappa shape index (κ2) is 4.67. The number of rotatable bonds is 2. The second-order valence-corrected chi connectivity index (χ2v) is 4.21. The largest absolute Gasteiger partial charge is 0.507 e. The van der Waals surface area contributed by atoms with Gasteiger partial charge in [-0.2, -0.15) is 0 Å². The number of benzene rings is 1. The summed E-state index contributed by atoms with van der Waals surface area (Å²) in [6.07, 6.45) is 4.55. The number of phenolic OH excluding ortho intramolecular Hbond substituents is 1. The second-order valence-electron chi connectivity index (χ2n) is 4.21. The van der Waals surface area contributed by atoms with Crippen LogP contribution < -0.4 is 5.32 Å². The average molecular weight is 205 g/mol. The maximum absolute atomic E-state index is 10.1. The first-order valence-corrected chi connectivity index (χ1v) is 5.87. The lowest BCUT2D eigenvalue weighted by atomic mass is 9.94. The van der Waals surface area contributed by atoms with Crippen molar-refractivity contribution >= 4 is 0 Å². The topological polar surface area (TPSA) is 32.3 Å². The third-order valence-corrected chi connectivity index (χ3v) is 3.22. The van der Waals surface area contributed by atoms with Crippen LogP contribution in [-0.2, 0) is 6.42 Å². The van der Waals surface area contributed by atoms with Gasteiger partial charge in [0, 0.05) is 11.6 Å². The third kappa shape index (κ3) is 2.15. The summed E-state index contributed by atoms with van der Waals surface area (Å²) in [6.45, 7) is 3.15. The molecule has 1 heterocycles. The maximum Gasteiger partial charge on any atom is 0.123 e. The molecule has 0 unspecified atom stereocenters. The Morgan fingerprint density at radius 1 is 1.40 bits per heavy atom. The van der Waals surface area contributed by atoms with Crippen LogP contribution in [0.5, 0.6) is 5.75 Å². The highest BCUT2D eigenvalue weighted by molar-refractivity contribution is 5.42. The predicted molar refractivity (Wildman–Crippen MR) is 62.1 cm³/mol. The zero-order valence-electron chi connectivity index (χ0n) is 9.29. The molecule has 0 bridgehead atoms. The quantitative estimate of drug-likeness (QED) is 0.778. The molecule has 2 heteroatoms. The van der Waals surface area contributed by atoms with Gasteiger partial charge >= 0.3 is 0 Å². The molecular weight excluding hydrogens is 186 g/mol. The standard InChI is InChI=1S/C13H19NO/c1-2-10-6-5-7-11(13(10)15)12-8-3-4-9-14-12/h5-7,12,14-15H,2-4,8-9H2,1H3/t12-/m1/s1. The summed E-state index contributed by atoms with van der Waals surface area (Å²) in [5.41, 5.74) is 2.13. The van der Waals surface area contributed by atoms with Crippen LogP contribution in [0, 0.1) is 0 Å². The molecule has 0 radical (unpaired) electrons. The minimum Gasteiger partial charge on any atom is -0.507 e. The molecule has 2 nitrogen and oxygen atoms in total. The zero-order chi connectivity index (χ0) is 10.7. The van der Waals surface area contributed by atoms with Crippen molar-refractivity contribution in [1.82, 2.24) is 5.32 Å². The Kier molecular flexibility index (Phi) is 3.27. The lowest BCUT2D eigenvalue weighted by Crippen LogP contribution is -2.26. The van der Waals surface area contributed by atoms with Gasteiger partial charge in [0.15, 0.2) is 0 Å². The van der Waals surface area contributed by atoms with E-state index in [1.807, 2.05) is 18.2 Å². The molecule has 0 spiro atoms. The van der Waals surface area contributed by atoms with Crippen molar-refractivity contribution in [2.24, 2.45) is 0 Å². The molecule has 15 heavy (non-hydrogen) atoms. The van der Waals surface area contributed by atoms with Crippen LogP contribution in [0.15, 0.2) is 18.2 Å². The Balaban J connectivity index is 2.26. The molecule has 1 fully saturated rings. The van der Waals surface area contributed by atoms with Gasteiger partial charge in [-0.3, -0.25) is 0 Å². The van der Waals surface area contributed by atoms with E-state index < -0.39 is 0 Å². The van der Waals surface area contributed by atoms with Crippen molar-refractivity contribution in [3.63, 3.8) is 0 Å². The number of aromatic hydroxyl groups is 1. The van der Waals surface area contributed by atoms with Crippen LogP contribution in [-0.4, -0.2) is 11.7 Å². The molecule has 0 amide bonds. The van der Waals surface area contributed by atoms with Crippen LogP contribution >= 0.6 is 0 Å². The molecule has 2 N–H and O–H groups in total. The van der Waals surface area contributed by atoms with Crippen molar-refractivity contribution < 1.29 is 5.11 Å². The molecular formula is C13H19NO. The smallest absolute Gasteiger partial charge is 0.123 e. The zero-order valence-corrected chi connectivity index (χ0v) is 9.29. The summed E-state index contributed by atoms with van der Waals surface area (Å²) in [5, 5.41) is 13.6. The minimum absolute atomic E-state index is 0.352. The number of para-hydroxylation sites is 1. The summed E-state index contributed by atoms with van der Waals surface area (Å²) in [6, 6.07) is 6.44. The lowest BCUT2D eigenvalue weighted by Gasteiger charge is -2.25. The Hall–Kier alpha value is -1.02. The normalized spacial score (nSPS) is 21.5. The summed E-state index contributed by atoms with van der Waals surface area (Å²) < 4.78 is 0. The van der Waals surface area contributed by atoms with Crippen LogP contribution in [0.3, 0.4) is 0 Å². The number of hydrogen-bond acceptors (Lipinski definition) is 2. The molecule has 82 valence electrons. The highest BCUT2D eigenvalue weighted by Crippen LogP contribution is 2.32. The SMILES string of the molecule is CCc1cccc([C@H]2CCCCN2)c1O. The third-order valence-electron chi connectivity index (χ3n) is 3.22. The van der Waals surface area contributed by atoms with E-state index in [1.165, 1.54) is 12.8 Å². The van der Waals surface area contributed by atoms with Crippen molar-refractivity contribution in [3.05, 3.63) is 29.3 Å². The maximum atomic E-state index is 10.1. The van der Waals surface area contributed by atoms with Crippen LogP contribution in [0.2, 0.25) is 0 Å². The first-order chi connectivity index (χ1) is 7.33. The molecule has 0 aromatic heterocycles. The molecule has 0 saturated carbocycles. The monoisotopic (exact) mass is 205 g/mol.